The van der Waals surface area contributed by atoms with Gasteiger partial charge in [-0.25, -0.2) is 0 Å². The molecular weight excluding hydrogens is 611 g/mol. The first-order chi connectivity index (χ1) is 22.9. The molecule has 1 radical (unpaired) electrons. The molecule has 3 aromatic rings. The molecule has 0 saturated carbocycles. The normalized spacial score (nSPS) is 19.0. The Kier molecular flexibility index (Phi) is 6.20. The summed E-state index contributed by atoms with van der Waals surface area (Å²) in [5, 5.41) is 8.60. The third-order valence-corrected chi connectivity index (χ3v) is 5.47. The predicted octanol–water partition coefficient (Wildman–Crippen LogP) is 8.69. The third-order valence-electron chi connectivity index (χ3n) is 5.47. The first-order valence-corrected chi connectivity index (χ1v) is 11.2. The molecule has 191 valence electrons. The van der Waals surface area contributed by atoms with Gasteiger partial charge in [-0.1, -0.05) is 59.5 Å². The van der Waals surface area contributed by atoms with Crippen molar-refractivity contribution in [3.63, 3.8) is 0 Å². The molecule has 0 fully saturated rings. The zero-order chi connectivity index (χ0) is 38.8. The molecule has 4 heteroatoms. The van der Waals surface area contributed by atoms with Gasteiger partial charge < -0.3 is 10.1 Å². The van der Waals surface area contributed by atoms with Gasteiger partial charge in [0.1, 0.15) is 0 Å². The van der Waals surface area contributed by atoms with Gasteiger partial charge in [0.05, 0.1) is 12.6 Å². The number of carbonyl (C=O) groups excluding carboxylic acids is 1. The molecule has 0 amide bonds. The summed E-state index contributed by atoms with van der Waals surface area (Å²) in [5.41, 5.74) is -2.08. The van der Waals surface area contributed by atoms with E-state index in [4.69, 9.17) is 21.9 Å². The van der Waals surface area contributed by atoms with Crippen LogP contribution in [0.5, 0.6) is 0 Å². The van der Waals surface area contributed by atoms with Crippen molar-refractivity contribution in [2.45, 2.75) is 73.0 Å². The SMILES string of the molecule is CCC(CC)C(=O)/C=C(\O)C(CC)CC.[2H]c1[c-]c(-c2nc([2H])c([2H])c3c([2H])c(C([2H])(C([2H])([2H])[2H])C([2H])([2H])[2H])c([2H])c([2H])c23)c([2H])c([2H])c1[2H].[Ir]. The number of rotatable bonds is 9. The van der Waals surface area contributed by atoms with E-state index in [1.807, 2.05) is 27.7 Å². The van der Waals surface area contributed by atoms with Crippen LogP contribution in [0.2, 0.25) is 0 Å². The molecular formula is C31H40IrNO2-. The van der Waals surface area contributed by atoms with Crippen molar-refractivity contribution in [2.75, 3.05) is 0 Å². The largest absolute Gasteiger partial charge is 0.512 e. The van der Waals surface area contributed by atoms with Gasteiger partial charge >= 0.3 is 0 Å². The quantitative estimate of drug-likeness (QED) is 0.141. The van der Waals surface area contributed by atoms with Crippen LogP contribution >= 0.6 is 0 Å². The molecule has 3 nitrogen and oxygen atoms in total. The fraction of sp³-hybridized carbons (Fsp3) is 0.419. The monoisotopic (exact) mass is 667 g/mol. The first kappa shape index (κ1) is 13.9. The van der Waals surface area contributed by atoms with Crippen molar-refractivity contribution in [1.82, 2.24) is 4.98 Å². The first-order valence-electron chi connectivity index (χ1n) is 19.2. The van der Waals surface area contributed by atoms with Gasteiger partial charge in [-0.05, 0) is 62.4 Å². The van der Waals surface area contributed by atoms with Crippen LogP contribution in [0.4, 0.5) is 0 Å². The molecule has 2 aromatic carbocycles. The van der Waals surface area contributed by atoms with Gasteiger partial charge in [0.15, 0.2) is 5.78 Å². The molecule has 0 unspecified atom stereocenters. The van der Waals surface area contributed by atoms with Crippen LogP contribution in [0.3, 0.4) is 0 Å². The average Bonchev–Trinajstić information content (AvgIpc) is 3.02. The van der Waals surface area contributed by atoms with Crippen LogP contribution in [-0.2, 0) is 24.9 Å². The summed E-state index contributed by atoms with van der Waals surface area (Å²) in [5.74, 6) is -2.98. The maximum absolute atomic E-state index is 11.7. The number of ketones is 1. The third kappa shape index (κ3) is 8.70. The Labute approximate surface area is 247 Å². The van der Waals surface area contributed by atoms with Gasteiger partial charge in [-0.2, -0.15) is 0 Å². The number of hydrogen-bond donors (Lipinski definition) is 1. The zero-order valence-electron chi connectivity index (χ0n) is 36.2. The fourth-order valence-corrected chi connectivity index (χ4v) is 3.33. The number of aliphatic hydroxyl groups excluding tert-OH is 1. The molecule has 1 aromatic heterocycles. The van der Waals surface area contributed by atoms with Crippen molar-refractivity contribution in [3.8, 4) is 11.3 Å². The number of aliphatic hydroxyl groups is 1. The number of allylic oxidation sites excluding steroid dienone is 2. The maximum Gasteiger partial charge on any atom is 0.162 e. The van der Waals surface area contributed by atoms with E-state index in [-0.39, 0.29) is 43.5 Å². The number of aromatic nitrogens is 1. The van der Waals surface area contributed by atoms with Gasteiger partial charge in [0, 0.05) is 56.5 Å². The van der Waals surface area contributed by atoms with Gasteiger partial charge in [0.25, 0.3) is 0 Å². The smallest absolute Gasteiger partial charge is 0.162 e. The topological polar surface area (TPSA) is 50.2 Å². The van der Waals surface area contributed by atoms with E-state index >= 15 is 0 Å². The molecule has 3 rings (SSSR count). The zero-order valence-corrected chi connectivity index (χ0v) is 22.6. The Morgan fingerprint density at radius 1 is 1.09 bits per heavy atom. The van der Waals surface area contributed by atoms with E-state index in [1.165, 1.54) is 6.08 Å². The van der Waals surface area contributed by atoms with E-state index in [0.29, 0.717) is 0 Å². The average molecular weight is 667 g/mol. The van der Waals surface area contributed by atoms with E-state index in [1.54, 1.807) is 0 Å². The van der Waals surface area contributed by atoms with Crippen LogP contribution in [-0.4, -0.2) is 15.9 Å². The molecule has 0 saturated heterocycles. The molecule has 35 heavy (non-hydrogen) atoms. The predicted molar refractivity (Wildman–Crippen MR) is 144 cm³/mol. The van der Waals surface area contributed by atoms with E-state index in [9.17, 15) is 9.90 Å². The van der Waals surface area contributed by atoms with Crippen LogP contribution in [0.15, 0.2) is 66.3 Å². The summed E-state index contributed by atoms with van der Waals surface area (Å²) in [4.78, 5) is 15.5. The number of fused-ring (bicyclic) bond motifs is 1. The second-order valence-corrected chi connectivity index (χ2v) is 7.57. The Balaban J connectivity index is 0.000000689. The summed E-state index contributed by atoms with van der Waals surface area (Å²) >= 11 is 0. The van der Waals surface area contributed by atoms with Gasteiger partial charge in [-0.3, -0.25) is 4.79 Å². The minimum absolute atomic E-state index is 0. The molecule has 0 aliphatic carbocycles. The van der Waals surface area contributed by atoms with Crippen LogP contribution < -0.4 is 0 Å². The summed E-state index contributed by atoms with van der Waals surface area (Å²) in [6, 6.07) is -4.17. The molecule has 1 heterocycles. The standard InChI is InChI=1S/C18H16N.C13H24O2.Ir/c1-13(2)15-8-9-17-16(12-15)10-11-19-18(17)14-6-4-3-5-7-14;1-5-10(6-2)12(14)9-13(15)11(7-3)8-4;/h3-6,8-13H,1-2H3;9-11,14H,5-8H2,1-4H3;/q-1;;/b;12-9-;/i1D3,2D3,3D,4D,5D,6D,8D,9D,10D,11D,12D,13D;;. The minimum Gasteiger partial charge on any atom is -0.512 e. The number of carbonyl (C=O) groups is 1. The summed E-state index contributed by atoms with van der Waals surface area (Å²) in [7, 11) is 0. The summed E-state index contributed by atoms with van der Waals surface area (Å²) < 4.78 is 128. The Morgan fingerprint density at radius 2 is 1.77 bits per heavy atom. The molecule has 0 atom stereocenters. The second-order valence-electron chi connectivity index (χ2n) is 7.57. The van der Waals surface area contributed by atoms with Crippen molar-refractivity contribution >= 4 is 16.6 Å². The minimum atomic E-state index is -3.59. The Morgan fingerprint density at radius 3 is 2.40 bits per heavy atom. The van der Waals surface area contributed by atoms with E-state index < -0.39 is 102 Å². The summed E-state index contributed by atoms with van der Waals surface area (Å²) in [6.07, 6.45) is 4.08. The molecule has 0 aliphatic heterocycles. The van der Waals surface area contributed by atoms with Crippen molar-refractivity contribution in [1.29, 1.82) is 0 Å². The van der Waals surface area contributed by atoms with Crippen LogP contribution in [0.25, 0.3) is 22.0 Å². The molecule has 0 bridgehead atoms. The van der Waals surface area contributed by atoms with Crippen molar-refractivity contribution in [3.05, 3.63) is 78.0 Å². The maximum atomic E-state index is 11.7. The van der Waals surface area contributed by atoms with Crippen molar-refractivity contribution < 1.29 is 51.9 Å². The van der Waals surface area contributed by atoms with Gasteiger partial charge in [-0.15, -0.1) is 35.8 Å². The van der Waals surface area contributed by atoms with Gasteiger partial charge in [0.2, 0.25) is 0 Å². The molecule has 1 N–H and O–H groups in total. The number of pyridine rings is 1. The molecule has 0 spiro atoms. The van der Waals surface area contributed by atoms with E-state index in [0.717, 1.165) is 25.7 Å². The second kappa shape index (κ2) is 15.7. The Bertz CT molecular complexity index is 1770. The Hall–Kier alpha value is -2.29. The number of nitrogens with zero attached hydrogens (tertiary/aromatic N) is 1. The molecule has 0 aliphatic rings. The summed E-state index contributed by atoms with van der Waals surface area (Å²) in [6.45, 7) is 0.901. The van der Waals surface area contributed by atoms with Crippen LogP contribution in [0, 0.1) is 17.9 Å². The van der Waals surface area contributed by atoms with Crippen LogP contribution in [0.1, 0.15) is 100 Å². The number of benzene rings is 2. The van der Waals surface area contributed by atoms with E-state index in [2.05, 4.69) is 11.1 Å². The number of hydrogen-bond acceptors (Lipinski definition) is 3. The fourth-order valence-electron chi connectivity index (χ4n) is 3.33. The van der Waals surface area contributed by atoms with Crippen molar-refractivity contribution in [2.24, 2.45) is 11.8 Å².